The fraction of sp³-hybridized carbons (Fsp3) is 1.00. The Morgan fingerprint density at radius 2 is 1.77 bits per heavy atom. The molecular formula is C8H22N2O2Ti. The Morgan fingerprint density at radius 3 is 2.15 bits per heavy atom. The minimum absolute atomic E-state index is 0.195. The molecule has 0 bridgehead atoms. The first kappa shape index (κ1) is 13.6. The molecule has 0 amide bonds. The van der Waals surface area contributed by atoms with Gasteiger partial charge in [-0.25, -0.2) is 0 Å². The third-order valence-electron chi connectivity index (χ3n) is 2.37. The van der Waals surface area contributed by atoms with Gasteiger partial charge in [0.25, 0.3) is 0 Å². The van der Waals surface area contributed by atoms with Crippen LogP contribution in [-0.4, -0.2) is 26.8 Å². The molecule has 0 aromatic rings. The molecule has 5 heteroatoms. The molecule has 0 rings (SSSR count). The summed E-state index contributed by atoms with van der Waals surface area (Å²) in [6.07, 6.45) is 1.83. The molecule has 0 aromatic carbocycles. The second-order valence-electron chi connectivity index (χ2n) is 3.42. The number of rotatable bonds is 7. The first-order valence-electron chi connectivity index (χ1n) is 4.64. The standard InChI is InChI=1S/C5H13N2.2CH3O.CH3.Ti/c1-2-5(7)3-4-6;2*1-2;;/h5H,1-4,6-7H2;2*1H3;1H3;/q;2*-1;;+2. The number of hydrogen-bond donors (Lipinski definition) is 2. The predicted octanol–water partition coefficient (Wildman–Crippen LogP) is 0.796. The van der Waals surface area contributed by atoms with Crippen molar-refractivity contribution in [1.82, 2.24) is 0 Å². The SMILES string of the molecule is C[O][Ti]([CH3])([CH2]CC(N)CCN)[O]C. The van der Waals surface area contributed by atoms with Gasteiger partial charge >= 0.3 is 85.1 Å². The van der Waals surface area contributed by atoms with Crippen LogP contribution in [0.15, 0.2) is 0 Å². The molecule has 0 radical (unpaired) electrons. The Labute approximate surface area is 85.3 Å². The van der Waals surface area contributed by atoms with E-state index in [1.807, 2.05) is 0 Å². The molecule has 80 valence electrons. The van der Waals surface area contributed by atoms with Crippen molar-refractivity contribution >= 4 is 0 Å². The predicted molar refractivity (Wildman–Crippen MR) is 51.0 cm³/mol. The summed E-state index contributed by atoms with van der Waals surface area (Å²) < 4.78 is 11.8. The maximum atomic E-state index is 5.84. The van der Waals surface area contributed by atoms with E-state index in [-0.39, 0.29) is 6.04 Å². The van der Waals surface area contributed by atoms with E-state index in [1.165, 1.54) is 0 Å². The third-order valence-corrected chi connectivity index (χ3v) is 6.94. The van der Waals surface area contributed by atoms with Gasteiger partial charge in [-0.15, -0.1) is 0 Å². The minimum atomic E-state index is -2.40. The number of nitrogens with two attached hydrogens (primary N) is 2. The van der Waals surface area contributed by atoms with Crippen LogP contribution < -0.4 is 11.5 Å². The van der Waals surface area contributed by atoms with Crippen LogP contribution in [0.3, 0.4) is 0 Å². The molecule has 1 unspecified atom stereocenters. The van der Waals surface area contributed by atoms with Crippen molar-refractivity contribution in [1.29, 1.82) is 0 Å². The Hall–Kier alpha value is 0.554. The average molecular weight is 226 g/mol. The summed E-state index contributed by atoms with van der Waals surface area (Å²) >= 11 is -2.40. The molecular weight excluding hydrogens is 204 g/mol. The molecule has 0 aromatic heterocycles. The molecule has 4 nitrogen and oxygen atoms in total. The van der Waals surface area contributed by atoms with Crippen molar-refractivity contribution in [3.05, 3.63) is 0 Å². The van der Waals surface area contributed by atoms with Gasteiger partial charge in [0.2, 0.25) is 0 Å². The fourth-order valence-corrected chi connectivity index (χ4v) is 3.39. The molecule has 0 aliphatic rings. The zero-order valence-electron chi connectivity index (χ0n) is 8.88. The normalized spacial score (nSPS) is 14.5. The van der Waals surface area contributed by atoms with E-state index >= 15 is 0 Å². The van der Waals surface area contributed by atoms with Crippen LogP contribution in [0.1, 0.15) is 12.8 Å². The Kier molecular flexibility index (Phi) is 7.22. The first-order chi connectivity index (χ1) is 6.08. The quantitative estimate of drug-likeness (QED) is 0.630. The summed E-state index contributed by atoms with van der Waals surface area (Å²) in [6.45, 7) is 0.658. The molecule has 0 aliphatic carbocycles. The zero-order valence-corrected chi connectivity index (χ0v) is 10.4. The van der Waals surface area contributed by atoms with Crippen LogP contribution in [-0.2, 0) is 24.0 Å². The van der Waals surface area contributed by atoms with Crippen LogP contribution >= 0.6 is 0 Å². The molecule has 1 atom stereocenters. The van der Waals surface area contributed by atoms with Crippen molar-refractivity contribution in [3.8, 4) is 0 Å². The van der Waals surface area contributed by atoms with Gasteiger partial charge in [0, 0.05) is 0 Å². The van der Waals surface area contributed by atoms with Gasteiger partial charge in [0.1, 0.15) is 0 Å². The van der Waals surface area contributed by atoms with E-state index in [2.05, 4.69) is 5.23 Å². The van der Waals surface area contributed by atoms with Crippen LogP contribution in [0.2, 0.25) is 9.95 Å². The molecule has 0 spiro atoms. The van der Waals surface area contributed by atoms with E-state index in [0.717, 1.165) is 17.6 Å². The van der Waals surface area contributed by atoms with Gasteiger partial charge in [0.05, 0.1) is 0 Å². The molecule has 0 heterocycles. The Morgan fingerprint density at radius 1 is 1.23 bits per heavy atom. The van der Waals surface area contributed by atoms with Crippen LogP contribution in [0, 0.1) is 0 Å². The molecule has 4 N–H and O–H groups in total. The van der Waals surface area contributed by atoms with E-state index in [1.54, 1.807) is 14.2 Å². The van der Waals surface area contributed by atoms with E-state index in [0.29, 0.717) is 6.54 Å². The summed E-state index contributed by atoms with van der Waals surface area (Å²) in [5, 5.41) is 2.09. The van der Waals surface area contributed by atoms with E-state index in [4.69, 9.17) is 18.1 Å². The summed E-state index contributed by atoms with van der Waals surface area (Å²) in [5.41, 5.74) is 11.2. The van der Waals surface area contributed by atoms with Gasteiger partial charge in [-0.2, -0.15) is 0 Å². The van der Waals surface area contributed by atoms with E-state index in [9.17, 15) is 0 Å². The monoisotopic (exact) mass is 226 g/mol. The van der Waals surface area contributed by atoms with Crippen molar-refractivity contribution < 1.29 is 24.0 Å². The van der Waals surface area contributed by atoms with Gasteiger partial charge in [-0.3, -0.25) is 0 Å². The average Bonchev–Trinajstić information content (AvgIpc) is 2.15. The molecule has 0 saturated carbocycles. The first-order valence-corrected chi connectivity index (χ1v) is 8.58. The van der Waals surface area contributed by atoms with Crippen molar-refractivity contribution in [2.75, 3.05) is 20.8 Å². The van der Waals surface area contributed by atoms with Gasteiger partial charge in [0.15, 0.2) is 0 Å². The zero-order chi connectivity index (χ0) is 10.3. The van der Waals surface area contributed by atoms with Gasteiger partial charge in [-0.1, -0.05) is 0 Å². The summed E-state index contributed by atoms with van der Waals surface area (Å²) in [6, 6.07) is 0.195. The summed E-state index contributed by atoms with van der Waals surface area (Å²) in [5.74, 6) is 0. The topological polar surface area (TPSA) is 70.5 Å². The second kappa shape index (κ2) is 6.93. The number of hydrogen-bond acceptors (Lipinski definition) is 4. The van der Waals surface area contributed by atoms with Crippen LogP contribution in [0.5, 0.6) is 0 Å². The van der Waals surface area contributed by atoms with Crippen molar-refractivity contribution in [3.63, 3.8) is 0 Å². The fourth-order valence-electron chi connectivity index (χ4n) is 1.09. The Balaban J connectivity index is 3.71. The third kappa shape index (κ3) is 5.78. The van der Waals surface area contributed by atoms with Crippen molar-refractivity contribution in [2.24, 2.45) is 11.5 Å². The summed E-state index contributed by atoms with van der Waals surface area (Å²) in [4.78, 5) is 0. The molecule has 0 fully saturated rings. The van der Waals surface area contributed by atoms with Crippen molar-refractivity contribution in [2.45, 2.75) is 28.8 Å². The molecule has 0 saturated heterocycles. The van der Waals surface area contributed by atoms with E-state index < -0.39 is 17.4 Å². The Bertz CT molecular complexity index is 131. The van der Waals surface area contributed by atoms with Crippen LogP contribution in [0.4, 0.5) is 0 Å². The van der Waals surface area contributed by atoms with Gasteiger partial charge < -0.3 is 0 Å². The summed E-state index contributed by atoms with van der Waals surface area (Å²) in [7, 11) is 3.44. The van der Waals surface area contributed by atoms with Crippen LogP contribution in [0.25, 0.3) is 0 Å². The maximum absolute atomic E-state index is 5.84. The molecule has 0 aliphatic heterocycles. The molecule has 13 heavy (non-hydrogen) atoms. The van der Waals surface area contributed by atoms with Gasteiger partial charge in [-0.05, 0) is 0 Å². The second-order valence-corrected chi connectivity index (χ2v) is 9.01.